The lowest BCUT2D eigenvalue weighted by Gasteiger charge is -1.98. The predicted molar refractivity (Wildman–Crippen MR) is 81.8 cm³/mol. The summed E-state index contributed by atoms with van der Waals surface area (Å²) in [5, 5.41) is 4.23. The molecule has 0 fully saturated rings. The number of aromatic nitrogens is 2. The Morgan fingerprint density at radius 2 is 2.15 bits per heavy atom. The topological polar surface area (TPSA) is 41.8 Å². The number of fused-ring (bicyclic) bond motifs is 1. The second-order valence-electron chi connectivity index (χ2n) is 4.72. The molecule has 0 unspecified atom stereocenters. The molecule has 3 nitrogen and oxygen atoms in total. The highest BCUT2D eigenvalue weighted by molar-refractivity contribution is 7.13. The predicted octanol–water partition coefficient (Wildman–Crippen LogP) is 4.86. The molecular weight excluding hydrogens is 268 g/mol. The van der Waals surface area contributed by atoms with E-state index in [2.05, 4.69) is 35.5 Å². The molecule has 0 spiro atoms. The fourth-order valence-corrected chi connectivity index (χ4v) is 3.27. The summed E-state index contributed by atoms with van der Waals surface area (Å²) in [7, 11) is 0. The van der Waals surface area contributed by atoms with E-state index in [0.29, 0.717) is 0 Å². The van der Waals surface area contributed by atoms with Gasteiger partial charge in [0.25, 0.3) is 0 Å². The number of hydrogen-bond donors (Lipinski definition) is 1. The molecule has 0 bridgehead atoms. The van der Waals surface area contributed by atoms with Crippen LogP contribution in [0, 0.1) is 6.92 Å². The third kappa shape index (κ3) is 1.69. The lowest BCUT2D eigenvalue weighted by Crippen LogP contribution is -1.79. The Kier molecular flexibility index (Phi) is 2.50. The van der Waals surface area contributed by atoms with Gasteiger partial charge < -0.3 is 9.40 Å². The molecule has 4 rings (SSSR count). The van der Waals surface area contributed by atoms with Crippen molar-refractivity contribution in [2.45, 2.75) is 6.92 Å². The summed E-state index contributed by atoms with van der Waals surface area (Å²) in [6.45, 7) is 2.12. The normalized spacial score (nSPS) is 11.2. The Labute approximate surface area is 119 Å². The van der Waals surface area contributed by atoms with Crippen LogP contribution in [0.15, 0.2) is 52.6 Å². The molecule has 0 radical (unpaired) electrons. The van der Waals surface area contributed by atoms with E-state index in [-0.39, 0.29) is 0 Å². The van der Waals surface area contributed by atoms with Gasteiger partial charge in [-0.1, -0.05) is 12.1 Å². The number of nitrogens with zero attached hydrogens (tertiary/aromatic N) is 1. The quantitative estimate of drug-likeness (QED) is 0.569. The van der Waals surface area contributed by atoms with E-state index in [0.717, 1.165) is 27.5 Å². The van der Waals surface area contributed by atoms with Gasteiger partial charge in [0, 0.05) is 28.0 Å². The number of aryl methyl sites for hydroxylation is 1. The smallest absolute Gasteiger partial charge is 0.162 e. The molecule has 4 aromatic rings. The number of H-pyrrole nitrogens is 1. The third-order valence-electron chi connectivity index (χ3n) is 3.43. The van der Waals surface area contributed by atoms with Crippen molar-refractivity contribution in [3.63, 3.8) is 0 Å². The van der Waals surface area contributed by atoms with Crippen LogP contribution in [-0.4, -0.2) is 9.97 Å². The highest BCUT2D eigenvalue weighted by atomic mass is 32.1. The summed E-state index contributed by atoms with van der Waals surface area (Å²) < 4.78 is 5.40. The molecule has 98 valence electrons. The largest absolute Gasteiger partial charge is 0.462 e. The van der Waals surface area contributed by atoms with E-state index in [4.69, 9.17) is 9.40 Å². The van der Waals surface area contributed by atoms with Crippen LogP contribution in [0.4, 0.5) is 0 Å². The number of benzene rings is 1. The molecule has 1 N–H and O–H groups in total. The lowest BCUT2D eigenvalue weighted by atomic mass is 10.1. The van der Waals surface area contributed by atoms with Crippen molar-refractivity contribution >= 4 is 22.2 Å². The van der Waals surface area contributed by atoms with Crippen LogP contribution in [0.25, 0.3) is 32.9 Å². The molecule has 0 saturated carbocycles. The summed E-state index contributed by atoms with van der Waals surface area (Å²) in [6.07, 6.45) is 3.70. The second kappa shape index (κ2) is 4.35. The van der Waals surface area contributed by atoms with Crippen molar-refractivity contribution in [2.75, 3.05) is 0 Å². The molecule has 1 aromatic carbocycles. The lowest BCUT2D eigenvalue weighted by molar-refractivity contribution is 0.582. The van der Waals surface area contributed by atoms with Gasteiger partial charge in [0.2, 0.25) is 0 Å². The molecule has 0 atom stereocenters. The minimum absolute atomic E-state index is 0.817. The molecule has 0 aliphatic carbocycles. The first-order chi connectivity index (χ1) is 9.83. The Balaban J connectivity index is 1.88. The van der Waals surface area contributed by atoms with Crippen molar-refractivity contribution in [2.24, 2.45) is 0 Å². The summed E-state index contributed by atoms with van der Waals surface area (Å²) in [6, 6.07) is 10.1. The van der Waals surface area contributed by atoms with E-state index in [9.17, 15) is 0 Å². The number of hydrogen-bond acceptors (Lipinski definition) is 3. The number of furan rings is 1. The molecule has 0 amide bonds. The zero-order chi connectivity index (χ0) is 13.5. The number of nitrogens with one attached hydrogen (secondary N) is 1. The molecule has 0 aliphatic rings. The van der Waals surface area contributed by atoms with E-state index in [1.165, 1.54) is 10.9 Å². The second-order valence-corrected chi connectivity index (χ2v) is 5.57. The zero-order valence-corrected chi connectivity index (χ0v) is 11.7. The summed E-state index contributed by atoms with van der Waals surface area (Å²) >= 11 is 1.60. The average molecular weight is 280 g/mol. The van der Waals surface area contributed by atoms with Crippen LogP contribution in [0.3, 0.4) is 0 Å². The van der Waals surface area contributed by atoms with Gasteiger partial charge in [0.1, 0.15) is 0 Å². The summed E-state index contributed by atoms with van der Waals surface area (Å²) in [4.78, 5) is 8.00. The van der Waals surface area contributed by atoms with Crippen molar-refractivity contribution in [3.05, 3.63) is 53.7 Å². The van der Waals surface area contributed by atoms with Crippen molar-refractivity contribution in [1.82, 2.24) is 9.97 Å². The summed E-state index contributed by atoms with van der Waals surface area (Å²) in [5.41, 5.74) is 4.54. The Hall–Kier alpha value is -2.33. The van der Waals surface area contributed by atoms with Gasteiger partial charge in [-0.25, -0.2) is 4.98 Å². The molecule has 0 saturated heterocycles. The Bertz CT molecular complexity index is 871. The summed E-state index contributed by atoms with van der Waals surface area (Å²) in [5.74, 6) is 0.817. The maximum absolute atomic E-state index is 5.40. The Morgan fingerprint density at radius 3 is 3.00 bits per heavy atom. The molecule has 4 heteroatoms. The zero-order valence-electron chi connectivity index (χ0n) is 10.9. The molecule has 3 aromatic heterocycles. The van der Waals surface area contributed by atoms with Gasteiger partial charge in [-0.3, -0.25) is 0 Å². The monoisotopic (exact) mass is 280 g/mol. The molecule has 0 aliphatic heterocycles. The Morgan fingerprint density at radius 1 is 1.20 bits per heavy atom. The fraction of sp³-hybridized carbons (Fsp3) is 0.0625. The average Bonchev–Trinajstić information content (AvgIpc) is 3.18. The van der Waals surface area contributed by atoms with Gasteiger partial charge in [-0.15, -0.1) is 11.3 Å². The highest BCUT2D eigenvalue weighted by Crippen LogP contribution is 2.34. The first-order valence-corrected chi connectivity index (χ1v) is 7.27. The number of rotatable bonds is 2. The van der Waals surface area contributed by atoms with Gasteiger partial charge in [0.05, 0.1) is 12.0 Å². The first kappa shape index (κ1) is 11.5. The number of aromatic amines is 1. The maximum Gasteiger partial charge on any atom is 0.162 e. The van der Waals surface area contributed by atoms with Crippen molar-refractivity contribution in [3.8, 4) is 22.0 Å². The molecular formula is C16H12N2OS. The molecule has 3 heterocycles. The molecule has 20 heavy (non-hydrogen) atoms. The third-order valence-corrected chi connectivity index (χ3v) is 4.28. The van der Waals surface area contributed by atoms with Crippen LogP contribution >= 0.6 is 11.3 Å². The van der Waals surface area contributed by atoms with E-state index in [1.807, 2.05) is 18.3 Å². The first-order valence-electron chi connectivity index (χ1n) is 6.39. The maximum atomic E-state index is 5.40. The van der Waals surface area contributed by atoms with Crippen LogP contribution in [0.5, 0.6) is 0 Å². The minimum atomic E-state index is 0.817. The number of thiazole rings is 1. The van der Waals surface area contributed by atoms with Crippen LogP contribution < -0.4 is 0 Å². The van der Waals surface area contributed by atoms with E-state index in [1.54, 1.807) is 17.6 Å². The van der Waals surface area contributed by atoms with Crippen molar-refractivity contribution < 1.29 is 4.42 Å². The van der Waals surface area contributed by atoms with Gasteiger partial charge >= 0.3 is 0 Å². The van der Waals surface area contributed by atoms with Crippen LogP contribution in [-0.2, 0) is 0 Å². The van der Waals surface area contributed by atoms with E-state index >= 15 is 0 Å². The van der Waals surface area contributed by atoms with E-state index < -0.39 is 0 Å². The van der Waals surface area contributed by atoms with Gasteiger partial charge in [-0.2, -0.15) is 0 Å². The highest BCUT2D eigenvalue weighted by Gasteiger charge is 2.13. The minimum Gasteiger partial charge on any atom is -0.462 e. The van der Waals surface area contributed by atoms with Gasteiger partial charge in [0.15, 0.2) is 10.8 Å². The standard InChI is InChI=1S/C16H12N2OS/c1-10-4-2-5-12-15(10)11(8-17-12)13-9-20-16(18-13)14-6-3-7-19-14/h2-9,17H,1H3. The SMILES string of the molecule is Cc1cccc2[nH]cc(-c3csc(-c4ccco4)n3)c12. The van der Waals surface area contributed by atoms with Crippen LogP contribution in [0.1, 0.15) is 5.56 Å². The van der Waals surface area contributed by atoms with Gasteiger partial charge in [-0.05, 0) is 30.7 Å². The van der Waals surface area contributed by atoms with Crippen molar-refractivity contribution in [1.29, 1.82) is 0 Å². The fourth-order valence-electron chi connectivity index (χ4n) is 2.48. The van der Waals surface area contributed by atoms with Crippen LogP contribution in [0.2, 0.25) is 0 Å².